The van der Waals surface area contributed by atoms with Gasteiger partial charge in [-0.2, -0.15) is 149 Å². The summed E-state index contributed by atoms with van der Waals surface area (Å²) in [5.74, 6) is -169. The molecule has 1 saturated carbocycles. The molecule has 1 rings (SSSR count). The summed E-state index contributed by atoms with van der Waals surface area (Å²) in [5, 5.41) is 0. The average molecular weight is 966 g/mol. The topological polar surface area (TPSA) is 26.3 Å². The lowest BCUT2D eigenvalue weighted by Gasteiger charge is -2.51. The molecule has 0 radical (unpaired) electrons. The molecule has 0 heterocycles. The van der Waals surface area contributed by atoms with Crippen LogP contribution in [0, 0.1) is 0 Å². The second-order valence-corrected chi connectivity index (χ2v) is 11.5. The molecule has 2 nitrogen and oxygen atoms in total. The van der Waals surface area contributed by atoms with Gasteiger partial charge in [0.1, 0.15) is 0 Å². The summed E-state index contributed by atoms with van der Waals surface area (Å²) in [4.78, 5) is 10.9. The number of carbonyl (C=O) groups excluding carboxylic acids is 1. The molecular formula is C22H5F35O2. The zero-order valence-corrected chi connectivity index (χ0v) is 25.8. The van der Waals surface area contributed by atoms with E-state index in [1.807, 2.05) is 0 Å². The van der Waals surface area contributed by atoms with Gasteiger partial charge in [-0.05, 0) is 6.92 Å². The SMILES string of the molecule is C=C(C)C(=O)OC(F)(F)C(F)(F)C(F)(F)C(F)(F)C(F)(F)C(F)(F)C(F)(F)C1(F)C(F)(F)C(F)(F)C(F)(F)C(F)(F)C(F)(F)C(F)(F)C(F)(F)C(F)(F)C(F)(F)C1(F)F. The van der Waals surface area contributed by atoms with Gasteiger partial charge in [0.15, 0.2) is 0 Å². The molecule has 1 fully saturated rings. The highest BCUT2D eigenvalue weighted by atomic mass is 19.4. The zero-order valence-electron chi connectivity index (χ0n) is 25.8. The van der Waals surface area contributed by atoms with Crippen LogP contribution in [0.4, 0.5) is 154 Å². The number of esters is 1. The zero-order chi connectivity index (χ0) is 48.9. The van der Waals surface area contributed by atoms with Crippen LogP contribution in [0.5, 0.6) is 0 Å². The van der Waals surface area contributed by atoms with Crippen molar-refractivity contribution in [3.63, 3.8) is 0 Å². The van der Waals surface area contributed by atoms with Crippen LogP contribution in [0.25, 0.3) is 0 Å². The lowest BCUT2D eigenvalue weighted by molar-refractivity contribution is -0.499. The molecular weight excluding hydrogens is 961 g/mol. The Kier molecular flexibility index (Phi) is 11.5. The third kappa shape index (κ3) is 5.42. The van der Waals surface area contributed by atoms with Crippen molar-refractivity contribution in [2.24, 2.45) is 0 Å². The minimum absolute atomic E-state index is 0.0114. The molecule has 0 N–H and O–H groups in total. The molecule has 0 amide bonds. The summed E-state index contributed by atoms with van der Waals surface area (Å²) in [6, 6.07) is 0. The predicted molar refractivity (Wildman–Crippen MR) is 109 cm³/mol. The van der Waals surface area contributed by atoms with Crippen LogP contribution in [-0.2, 0) is 9.53 Å². The second-order valence-electron chi connectivity index (χ2n) is 11.5. The number of hydrogen-bond acceptors (Lipinski definition) is 2. The van der Waals surface area contributed by atoms with Crippen molar-refractivity contribution in [1.29, 1.82) is 0 Å². The first-order valence-electron chi connectivity index (χ1n) is 12.8. The van der Waals surface area contributed by atoms with Crippen molar-refractivity contribution in [3.8, 4) is 0 Å². The Hall–Kier alpha value is -3.24. The van der Waals surface area contributed by atoms with Crippen LogP contribution < -0.4 is 0 Å². The molecule has 0 aliphatic heterocycles. The van der Waals surface area contributed by atoms with Gasteiger partial charge in [-0.15, -0.1) is 0 Å². The van der Waals surface area contributed by atoms with Gasteiger partial charge in [-0.25, -0.2) is 9.18 Å². The van der Waals surface area contributed by atoms with E-state index in [4.69, 9.17) is 0 Å². The first-order valence-corrected chi connectivity index (χ1v) is 12.8. The Morgan fingerprint density at radius 2 is 0.542 bits per heavy atom. The molecule has 1 aliphatic rings. The quantitative estimate of drug-likeness (QED) is 0.131. The van der Waals surface area contributed by atoms with E-state index in [2.05, 4.69) is 11.3 Å². The highest BCUT2D eigenvalue weighted by Gasteiger charge is 3.08. The molecule has 1 aliphatic carbocycles. The van der Waals surface area contributed by atoms with Gasteiger partial charge in [0.2, 0.25) is 0 Å². The second kappa shape index (κ2) is 12.7. The van der Waals surface area contributed by atoms with Gasteiger partial charge in [0.05, 0.1) is 0 Å². The van der Waals surface area contributed by atoms with Crippen molar-refractivity contribution in [3.05, 3.63) is 12.2 Å². The van der Waals surface area contributed by atoms with E-state index < -0.39 is 118 Å². The molecule has 0 aromatic heterocycles. The van der Waals surface area contributed by atoms with Gasteiger partial charge >= 0.3 is 113 Å². The number of halogens is 35. The number of alkyl halides is 35. The van der Waals surface area contributed by atoms with Gasteiger partial charge in [0.25, 0.3) is 0 Å². The maximum absolute atomic E-state index is 15.4. The van der Waals surface area contributed by atoms with Crippen molar-refractivity contribution in [2.75, 3.05) is 0 Å². The van der Waals surface area contributed by atoms with E-state index in [9.17, 15) is 154 Å². The van der Waals surface area contributed by atoms with Gasteiger partial charge in [-0.1, -0.05) is 6.58 Å². The molecule has 59 heavy (non-hydrogen) atoms. The van der Waals surface area contributed by atoms with Crippen molar-refractivity contribution in [1.82, 2.24) is 0 Å². The van der Waals surface area contributed by atoms with E-state index in [0.29, 0.717) is 0 Å². The van der Waals surface area contributed by atoms with E-state index in [1.54, 1.807) is 0 Å². The third-order valence-electron chi connectivity index (χ3n) is 7.75. The maximum Gasteiger partial charge on any atom is 0.473 e. The average Bonchev–Trinajstić information content (AvgIpc) is 3.01. The highest BCUT2D eigenvalue weighted by molar-refractivity contribution is 5.87. The first-order chi connectivity index (χ1) is 24.8. The van der Waals surface area contributed by atoms with Crippen molar-refractivity contribution < 1.29 is 163 Å². The van der Waals surface area contributed by atoms with Crippen LogP contribution in [-0.4, -0.2) is 113 Å². The van der Waals surface area contributed by atoms with Gasteiger partial charge < -0.3 is 4.74 Å². The number of rotatable bonds is 9. The van der Waals surface area contributed by atoms with E-state index >= 15 is 4.39 Å². The number of ether oxygens (including phenoxy) is 1. The monoisotopic (exact) mass is 966 g/mol. The third-order valence-corrected chi connectivity index (χ3v) is 7.75. The Morgan fingerprint density at radius 3 is 0.763 bits per heavy atom. The Morgan fingerprint density at radius 1 is 0.356 bits per heavy atom. The fraction of sp³-hybridized carbons (Fsp3) is 0.864. The molecule has 0 bridgehead atoms. The smallest absolute Gasteiger partial charge is 0.393 e. The number of carbonyl (C=O) groups is 1. The van der Waals surface area contributed by atoms with Crippen LogP contribution in [0.1, 0.15) is 6.92 Å². The normalized spacial score (nSPS) is 26.2. The minimum Gasteiger partial charge on any atom is -0.393 e. The standard InChI is InChI=1S/C22H5F35O2/c1-3(2)4(58)59-22(56,57)21(54,55)20(52,53)19(50,51)14(40,41)11(34,35)8(28,29)5(23)6(24,25)9(30,31)12(36,37)15(42,43)17(46,47)18(48,49)16(44,45)13(38,39)10(32,33)7(5,26)27/h1H2,2H3. The van der Waals surface area contributed by atoms with Crippen LogP contribution in [0.15, 0.2) is 12.2 Å². The summed E-state index contributed by atoms with van der Waals surface area (Å²) in [6.45, 7) is 2.21. The van der Waals surface area contributed by atoms with Crippen LogP contribution in [0.3, 0.4) is 0 Å². The summed E-state index contributed by atoms with van der Waals surface area (Å²) < 4.78 is 499. The largest absolute Gasteiger partial charge is 0.473 e. The molecule has 37 heteroatoms. The minimum atomic E-state index is -11.5. The van der Waals surface area contributed by atoms with E-state index in [0.717, 1.165) is 0 Å². The lowest BCUT2D eigenvalue weighted by atomic mass is 9.71. The predicted octanol–water partition coefficient (Wildman–Crippen LogP) is 11.6. The fourth-order valence-electron chi connectivity index (χ4n) is 4.06. The van der Waals surface area contributed by atoms with Crippen molar-refractivity contribution in [2.45, 2.75) is 113 Å². The Balaban J connectivity index is 4.82. The summed E-state index contributed by atoms with van der Waals surface area (Å²) in [7, 11) is 0. The summed E-state index contributed by atoms with van der Waals surface area (Å²) in [6.07, 6.45) is -8.03. The van der Waals surface area contributed by atoms with E-state index in [-0.39, 0.29) is 6.92 Å². The molecule has 0 saturated heterocycles. The van der Waals surface area contributed by atoms with Crippen LogP contribution in [0.2, 0.25) is 0 Å². The van der Waals surface area contributed by atoms with Crippen molar-refractivity contribution >= 4 is 5.97 Å². The number of hydrogen-bond donors (Lipinski definition) is 0. The van der Waals surface area contributed by atoms with Crippen LogP contribution >= 0.6 is 0 Å². The van der Waals surface area contributed by atoms with Gasteiger partial charge in [-0.3, -0.25) is 0 Å². The molecule has 0 spiro atoms. The van der Waals surface area contributed by atoms with E-state index in [1.165, 1.54) is 0 Å². The Bertz CT molecular complexity index is 1600. The summed E-state index contributed by atoms with van der Waals surface area (Å²) in [5.41, 5.74) is -13.3. The fourth-order valence-corrected chi connectivity index (χ4v) is 4.06. The molecule has 350 valence electrons. The lowest BCUT2D eigenvalue weighted by Crippen LogP contribution is -2.85. The van der Waals surface area contributed by atoms with Gasteiger partial charge in [0, 0.05) is 5.57 Å². The molecule has 0 aromatic rings. The summed E-state index contributed by atoms with van der Waals surface area (Å²) >= 11 is 0. The Labute approximate surface area is 296 Å². The maximum atomic E-state index is 15.4. The molecule has 0 atom stereocenters. The molecule has 0 unspecified atom stereocenters. The first kappa shape index (κ1) is 53.8. The highest BCUT2D eigenvalue weighted by Crippen LogP contribution is 2.75. The molecule has 0 aromatic carbocycles.